The number of aromatic nitrogens is 4. The summed E-state index contributed by atoms with van der Waals surface area (Å²) >= 11 is 0. The van der Waals surface area contributed by atoms with Crippen LogP contribution < -0.4 is 0 Å². The first-order valence-electron chi connectivity index (χ1n) is 8.55. The van der Waals surface area contributed by atoms with E-state index in [0.29, 0.717) is 17.5 Å². The van der Waals surface area contributed by atoms with Gasteiger partial charge in [0.1, 0.15) is 24.7 Å². The van der Waals surface area contributed by atoms with E-state index in [4.69, 9.17) is 4.42 Å². The second-order valence-corrected chi connectivity index (χ2v) is 6.39. The fraction of sp³-hybridized carbons (Fsp3) is 0.389. The largest absolute Gasteiger partial charge is 0.444 e. The van der Waals surface area contributed by atoms with Crippen molar-refractivity contribution in [3.63, 3.8) is 0 Å². The topological polar surface area (TPSA) is 60.0 Å². The lowest BCUT2D eigenvalue weighted by atomic mass is 10.0. The lowest BCUT2D eigenvalue weighted by Crippen LogP contribution is -2.41. The molecule has 0 spiro atoms. The van der Waals surface area contributed by atoms with Crippen LogP contribution in [0.4, 0.5) is 4.39 Å². The Morgan fingerprint density at radius 3 is 3.08 bits per heavy atom. The zero-order valence-electron chi connectivity index (χ0n) is 13.9. The second-order valence-electron chi connectivity index (χ2n) is 6.39. The Bertz CT molecular complexity index is 817. The number of nitrogens with zero attached hydrogens (tertiary/aromatic N) is 5. The fourth-order valence-electron chi connectivity index (χ4n) is 3.36. The normalized spacial score (nSPS) is 18.5. The van der Waals surface area contributed by atoms with Crippen molar-refractivity contribution in [1.29, 1.82) is 0 Å². The number of piperidine rings is 1. The van der Waals surface area contributed by atoms with Crippen LogP contribution in [0.15, 0.2) is 47.6 Å². The molecular formula is C18H20FN5O. The Balaban J connectivity index is 1.47. The molecule has 1 atom stereocenters. The highest BCUT2D eigenvalue weighted by Gasteiger charge is 2.24. The number of rotatable bonds is 5. The van der Waals surface area contributed by atoms with Crippen molar-refractivity contribution < 1.29 is 8.81 Å². The molecule has 1 aliphatic heterocycles. The first-order chi connectivity index (χ1) is 12.3. The lowest BCUT2D eigenvalue weighted by Gasteiger charge is -2.34. The van der Waals surface area contributed by atoms with Gasteiger partial charge in [0.2, 0.25) is 5.89 Å². The molecule has 4 rings (SSSR count). The highest BCUT2D eigenvalue weighted by molar-refractivity contribution is 5.52. The molecule has 1 aliphatic rings. The summed E-state index contributed by atoms with van der Waals surface area (Å²) in [5.74, 6) is 0.167. The van der Waals surface area contributed by atoms with E-state index in [1.165, 1.54) is 25.0 Å². The van der Waals surface area contributed by atoms with Crippen molar-refractivity contribution in [2.75, 3.05) is 6.54 Å². The molecule has 0 radical (unpaired) electrons. The van der Waals surface area contributed by atoms with Crippen LogP contribution in [-0.4, -0.2) is 37.2 Å². The highest BCUT2D eigenvalue weighted by atomic mass is 19.1. The van der Waals surface area contributed by atoms with Gasteiger partial charge >= 0.3 is 0 Å². The average Bonchev–Trinajstić information content (AvgIpc) is 3.29. The summed E-state index contributed by atoms with van der Waals surface area (Å²) in [6, 6.07) is 6.71. The van der Waals surface area contributed by atoms with E-state index in [-0.39, 0.29) is 5.82 Å². The van der Waals surface area contributed by atoms with E-state index in [2.05, 4.69) is 20.0 Å². The summed E-state index contributed by atoms with van der Waals surface area (Å²) in [5.41, 5.74) is 1.52. The van der Waals surface area contributed by atoms with Crippen LogP contribution in [0.3, 0.4) is 0 Å². The smallest absolute Gasteiger partial charge is 0.226 e. The predicted molar refractivity (Wildman–Crippen MR) is 90.0 cm³/mol. The number of halogens is 1. The van der Waals surface area contributed by atoms with Gasteiger partial charge in [0.05, 0.1) is 12.2 Å². The zero-order chi connectivity index (χ0) is 17.1. The lowest BCUT2D eigenvalue weighted by molar-refractivity contribution is 0.120. The van der Waals surface area contributed by atoms with E-state index in [1.54, 1.807) is 31.1 Å². The Morgan fingerprint density at radius 1 is 1.28 bits per heavy atom. The summed E-state index contributed by atoms with van der Waals surface area (Å²) in [6.07, 6.45) is 8.53. The third-order valence-corrected chi connectivity index (χ3v) is 4.60. The fourth-order valence-corrected chi connectivity index (χ4v) is 3.36. The molecule has 130 valence electrons. The minimum Gasteiger partial charge on any atom is -0.444 e. The van der Waals surface area contributed by atoms with Crippen LogP contribution in [0.25, 0.3) is 11.5 Å². The van der Waals surface area contributed by atoms with Crippen molar-refractivity contribution in [2.45, 2.75) is 38.4 Å². The van der Waals surface area contributed by atoms with E-state index in [9.17, 15) is 4.39 Å². The first-order valence-corrected chi connectivity index (χ1v) is 8.55. The van der Waals surface area contributed by atoms with Crippen molar-refractivity contribution in [3.8, 4) is 11.5 Å². The minimum absolute atomic E-state index is 0.291. The van der Waals surface area contributed by atoms with Crippen LogP contribution in [0, 0.1) is 5.82 Å². The van der Waals surface area contributed by atoms with Gasteiger partial charge in [-0.1, -0.05) is 12.5 Å². The molecule has 0 aliphatic carbocycles. The zero-order valence-corrected chi connectivity index (χ0v) is 13.9. The molecule has 0 amide bonds. The Kier molecular flexibility index (Phi) is 4.56. The highest BCUT2D eigenvalue weighted by Crippen LogP contribution is 2.23. The number of hydrogen-bond acceptors (Lipinski definition) is 5. The first kappa shape index (κ1) is 16.0. The molecular weight excluding hydrogens is 321 g/mol. The molecule has 1 saturated heterocycles. The van der Waals surface area contributed by atoms with Gasteiger partial charge in [-0.3, -0.25) is 9.58 Å². The van der Waals surface area contributed by atoms with Crippen LogP contribution in [0.1, 0.15) is 25.0 Å². The van der Waals surface area contributed by atoms with Gasteiger partial charge in [-0.05, 0) is 37.6 Å². The molecule has 0 bridgehead atoms. The maximum absolute atomic E-state index is 13.4. The second kappa shape index (κ2) is 7.14. The van der Waals surface area contributed by atoms with E-state index < -0.39 is 0 Å². The molecule has 1 fully saturated rings. The Labute approximate surface area is 145 Å². The maximum Gasteiger partial charge on any atom is 0.226 e. The van der Waals surface area contributed by atoms with E-state index in [0.717, 1.165) is 31.7 Å². The summed E-state index contributed by atoms with van der Waals surface area (Å²) in [6.45, 7) is 2.58. The Hall–Kier alpha value is -2.54. The van der Waals surface area contributed by atoms with Crippen LogP contribution in [0.5, 0.6) is 0 Å². The monoisotopic (exact) mass is 341 g/mol. The predicted octanol–water partition coefficient (Wildman–Crippen LogP) is 3.13. The number of benzene rings is 1. The molecule has 1 unspecified atom stereocenters. The summed E-state index contributed by atoms with van der Waals surface area (Å²) in [4.78, 5) is 11.0. The summed E-state index contributed by atoms with van der Waals surface area (Å²) < 4.78 is 20.8. The van der Waals surface area contributed by atoms with Crippen molar-refractivity contribution in [2.24, 2.45) is 0 Å². The number of likely N-dealkylation sites (tertiary alicyclic amines) is 1. The molecule has 7 heteroatoms. The third kappa shape index (κ3) is 3.76. The molecule has 2 aromatic heterocycles. The molecule has 25 heavy (non-hydrogen) atoms. The SMILES string of the molecule is Fc1cccc(-c2nc(CN3CCCCC3Cn3cncn3)co2)c1. The van der Waals surface area contributed by atoms with Crippen molar-refractivity contribution in [1.82, 2.24) is 24.6 Å². The standard InChI is InChI=1S/C18H20FN5O/c19-15-5-3-4-14(8-15)18-22-16(11-25-18)9-23-7-2-1-6-17(23)10-24-13-20-12-21-24/h3-5,8,11-13,17H,1-2,6-7,9-10H2. The van der Waals surface area contributed by atoms with Gasteiger partial charge in [-0.25, -0.2) is 14.4 Å². The average molecular weight is 341 g/mol. The minimum atomic E-state index is -0.291. The van der Waals surface area contributed by atoms with Gasteiger partial charge in [0, 0.05) is 18.2 Å². The molecule has 3 aromatic rings. The molecule has 6 nitrogen and oxygen atoms in total. The third-order valence-electron chi connectivity index (χ3n) is 4.60. The number of oxazole rings is 1. The van der Waals surface area contributed by atoms with Crippen LogP contribution in [0.2, 0.25) is 0 Å². The molecule has 0 N–H and O–H groups in total. The van der Waals surface area contributed by atoms with E-state index in [1.807, 2.05) is 4.68 Å². The number of hydrogen-bond donors (Lipinski definition) is 0. The van der Waals surface area contributed by atoms with Crippen molar-refractivity contribution >= 4 is 0 Å². The van der Waals surface area contributed by atoms with Gasteiger partial charge in [0.15, 0.2) is 0 Å². The molecule has 1 aromatic carbocycles. The summed E-state index contributed by atoms with van der Waals surface area (Å²) in [5, 5.41) is 4.21. The van der Waals surface area contributed by atoms with E-state index >= 15 is 0 Å². The van der Waals surface area contributed by atoms with Gasteiger partial charge in [0.25, 0.3) is 0 Å². The van der Waals surface area contributed by atoms with Gasteiger partial charge in [-0.15, -0.1) is 0 Å². The van der Waals surface area contributed by atoms with Crippen molar-refractivity contribution in [3.05, 3.63) is 54.7 Å². The van der Waals surface area contributed by atoms with Gasteiger partial charge < -0.3 is 4.42 Å². The summed E-state index contributed by atoms with van der Waals surface area (Å²) in [7, 11) is 0. The maximum atomic E-state index is 13.4. The van der Waals surface area contributed by atoms with Crippen LogP contribution in [-0.2, 0) is 13.1 Å². The Morgan fingerprint density at radius 2 is 2.24 bits per heavy atom. The quantitative estimate of drug-likeness (QED) is 0.713. The molecule has 3 heterocycles. The molecule has 0 saturated carbocycles. The van der Waals surface area contributed by atoms with Crippen LogP contribution >= 0.6 is 0 Å². The van der Waals surface area contributed by atoms with Gasteiger partial charge in [-0.2, -0.15) is 5.10 Å².